The molecule has 0 aromatic carbocycles. The molecule has 0 aromatic rings. The summed E-state index contributed by atoms with van der Waals surface area (Å²) >= 11 is 0. The first kappa shape index (κ1) is 16.1. The van der Waals surface area contributed by atoms with Gasteiger partial charge in [0, 0.05) is 25.3 Å². The first-order valence-electron chi connectivity index (χ1n) is 6.15. The number of nitrogens with one attached hydrogen (secondary N) is 1. The third-order valence-corrected chi connectivity index (χ3v) is 8.21. The van der Waals surface area contributed by atoms with Crippen LogP contribution in [0.3, 0.4) is 0 Å². The standard InChI is InChI=1S/C12H29NO2Si/c1-9-11(4)13-16(14-7,15-8)12(5,6)10(2)3/h10-11,13H,9H2,1-8H3. The van der Waals surface area contributed by atoms with Crippen molar-refractivity contribution in [2.24, 2.45) is 5.92 Å². The summed E-state index contributed by atoms with van der Waals surface area (Å²) in [7, 11) is 1.15. The molecule has 0 rings (SSSR count). The lowest BCUT2D eigenvalue weighted by Gasteiger charge is -2.44. The summed E-state index contributed by atoms with van der Waals surface area (Å²) in [6.07, 6.45) is 1.08. The minimum atomic E-state index is -2.37. The highest BCUT2D eigenvalue weighted by Gasteiger charge is 2.54. The zero-order valence-electron chi connectivity index (χ0n) is 12.2. The van der Waals surface area contributed by atoms with E-state index in [0.29, 0.717) is 12.0 Å². The van der Waals surface area contributed by atoms with Gasteiger partial charge in [-0.1, -0.05) is 41.5 Å². The average molecular weight is 247 g/mol. The minimum Gasteiger partial charge on any atom is -0.386 e. The topological polar surface area (TPSA) is 30.5 Å². The van der Waals surface area contributed by atoms with Gasteiger partial charge in [0.05, 0.1) is 0 Å². The molecule has 1 atom stereocenters. The molecule has 0 bridgehead atoms. The van der Waals surface area contributed by atoms with E-state index in [-0.39, 0.29) is 5.04 Å². The molecule has 0 spiro atoms. The molecule has 0 saturated carbocycles. The Kier molecular flexibility index (Phi) is 6.18. The molecule has 0 aromatic heterocycles. The molecule has 0 aliphatic rings. The number of hydrogen-bond acceptors (Lipinski definition) is 3. The monoisotopic (exact) mass is 247 g/mol. The van der Waals surface area contributed by atoms with Crippen LogP contribution in [-0.2, 0) is 8.85 Å². The molecule has 0 heterocycles. The fourth-order valence-corrected chi connectivity index (χ4v) is 5.16. The van der Waals surface area contributed by atoms with E-state index in [9.17, 15) is 0 Å². The molecule has 1 unspecified atom stereocenters. The maximum absolute atomic E-state index is 5.79. The second kappa shape index (κ2) is 6.14. The van der Waals surface area contributed by atoms with Crippen LogP contribution in [0.15, 0.2) is 0 Å². The molecule has 0 aliphatic carbocycles. The molecule has 0 saturated heterocycles. The first-order valence-corrected chi connectivity index (χ1v) is 7.97. The van der Waals surface area contributed by atoms with Gasteiger partial charge in [0.25, 0.3) is 0 Å². The van der Waals surface area contributed by atoms with Crippen LogP contribution in [0.25, 0.3) is 0 Å². The van der Waals surface area contributed by atoms with Crippen LogP contribution in [0, 0.1) is 5.92 Å². The summed E-state index contributed by atoms with van der Waals surface area (Å²) in [4.78, 5) is 3.60. The van der Waals surface area contributed by atoms with Gasteiger partial charge in [0.15, 0.2) is 0 Å². The second-order valence-electron chi connectivity index (χ2n) is 5.35. The van der Waals surface area contributed by atoms with Crippen molar-refractivity contribution in [1.29, 1.82) is 0 Å². The van der Waals surface area contributed by atoms with Crippen LogP contribution in [-0.4, -0.2) is 29.0 Å². The molecule has 0 amide bonds. The summed E-state index contributed by atoms with van der Waals surface area (Å²) in [6.45, 7) is 13.2. The molecular formula is C12H29NO2Si. The summed E-state index contributed by atoms with van der Waals surface area (Å²) < 4.78 is 11.6. The SMILES string of the molecule is CCC(C)N[Si](OC)(OC)C(C)(C)C(C)C. The predicted molar refractivity (Wildman–Crippen MR) is 71.5 cm³/mol. The first-order chi connectivity index (χ1) is 7.27. The lowest BCUT2D eigenvalue weighted by molar-refractivity contribution is 0.173. The van der Waals surface area contributed by atoms with Crippen molar-refractivity contribution in [1.82, 2.24) is 4.98 Å². The maximum atomic E-state index is 5.79. The van der Waals surface area contributed by atoms with E-state index in [1.165, 1.54) is 0 Å². The lowest BCUT2D eigenvalue weighted by Crippen LogP contribution is -2.65. The van der Waals surface area contributed by atoms with Gasteiger partial charge in [0.1, 0.15) is 0 Å². The Bertz CT molecular complexity index is 203. The molecule has 98 valence electrons. The molecule has 0 radical (unpaired) electrons. The zero-order valence-corrected chi connectivity index (χ0v) is 13.2. The van der Waals surface area contributed by atoms with Crippen LogP contribution in [0.1, 0.15) is 48.0 Å². The minimum absolute atomic E-state index is 0.0277. The van der Waals surface area contributed by atoms with Crippen molar-refractivity contribution < 1.29 is 8.85 Å². The highest BCUT2D eigenvalue weighted by molar-refractivity contribution is 6.68. The van der Waals surface area contributed by atoms with Gasteiger partial charge in [-0.15, -0.1) is 0 Å². The maximum Gasteiger partial charge on any atom is 0.430 e. The summed E-state index contributed by atoms with van der Waals surface area (Å²) in [5, 5.41) is 0.0277. The van der Waals surface area contributed by atoms with Gasteiger partial charge < -0.3 is 8.85 Å². The fourth-order valence-electron chi connectivity index (χ4n) is 1.72. The Morgan fingerprint density at radius 1 is 1.12 bits per heavy atom. The third-order valence-electron chi connectivity index (χ3n) is 3.92. The van der Waals surface area contributed by atoms with E-state index in [1.807, 2.05) is 0 Å². The zero-order chi connectivity index (χ0) is 13.0. The quantitative estimate of drug-likeness (QED) is 0.702. The third kappa shape index (κ3) is 3.06. The van der Waals surface area contributed by atoms with Crippen LogP contribution < -0.4 is 4.98 Å². The van der Waals surface area contributed by atoms with Crippen LogP contribution in [0.5, 0.6) is 0 Å². The van der Waals surface area contributed by atoms with E-state index >= 15 is 0 Å². The Morgan fingerprint density at radius 2 is 1.56 bits per heavy atom. The van der Waals surface area contributed by atoms with Gasteiger partial charge in [-0.3, -0.25) is 4.98 Å². The molecule has 1 N–H and O–H groups in total. The van der Waals surface area contributed by atoms with Crippen molar-refractivity contribution >= 4 is 8.72 Å². The molecule has 3 nitrogen and oxygen atoms in total. The van der Waals surface area contributed by atoms with Gasteiger partial charge >= 0.3 is 8.72 Å². The van der Waals surface area contributed by atoms with Gasteiger partial charge in [-0.05, 0) is 12.3 Å². The van der Waals surface area contributed by atoms with E-state index in [1.54, 1.807) is 14.2 Å². The molecule has 0 fully saturated rings. The van der Waals surface area contributed by atoms with Crippen molar-refractivity contribution in [3.63, 3.8) is 0 Å². The van der Waals surface area contributed by atoms with Gasteiger partial charge in [-0.2, -0.15) is 0 Å². The summed E-state index contributed by atoms with van der Waals surface area (Å²) in [5.41, 5.74) is 0. The Labute approximate surface area is 102 Å². The van der Waals surface area contributed by atoms with Crippen molar-refractivity contribution in [2.45, 2.75) is 59.0 Å². The molecule has 4 heteroatoms. The fraction of sp³-hybridized carbons (Fsp3) is 1.00. The van der Waals surface area contributed by atoms with Crippen LogP contribution >= 0.6 is 0 Å². The summed E-state index contributed by atoms with van der Waals surface area (Å²) in [5.74, 6) is 0.510. The number of rotatable bonds is 7. The van der Waals surface area contributed by atoms with Gasteiger partial charge in [-0.25, -0.2) is 0 Å². The van der Waals surface area contributed by atoms with Crippen molar-refractivity contribution in [3.05, 3.63) is 0 Å². The van der Waals surface area contributed by atoms with E-state index in [0.717, 1.165) is 6.42 Å². The average Bonchev–Trinajstić information content (AvgIpc) is 2.24. The predicted octanol–water partition coefficient (Wildman–Crippen LogP) is 3.04. The van der Waals surface area contributed by atoms with Crippen molar-refractivity contribution in [3.8, 4) is 0 Å². The van der Waals surface area contributed by atoms with Crippen molar-refractivity contribution in [2.75, 3.05) is 14.2 Å². The highest BCUT2D eigenvalue weighted by Crippen LogP contribution is 2.43. The van der Waals surface area contributed by atoms with Crippen LogP contribution in [0.2, 0.25) is 5.04 Å². The van der Waals surface area contributed by atoms with Crippen LogP contribution in [0.4, 0.5) is 0 Å². The number of hydrogen-bond donors (Lipinski definition) is 1. The molecular weight excluding hydrogens is 218 g/mol. The highest BCUT2D eigenvalue weighted by atomic mass is 28.4. The lowest BCUT2D eigenvalue weighted by atomic mass is 9.99. The largest absolute Gasteiger partial charge is 0.430 e. The van der Waals surface area contributed by atoms with E-state index < -0.39 is 8.72 Å². The Balaban J connectivity index is 5.08. The smallest absolute Gasteiger partial charge is 0.386 e. The van der Waals surface area contributed by atoms with E-state index in [4.69, 9.17) is 8.85 Å². The Hall–Kier alpha value is 0.0969. The molecule has 0 aliphatic heterocycles. The normalized spacial score (nSPS) is 15.6. The van der Waals surface area contributed by atoms with Gasteiger partial charge in [0.2, 0.25) is 0 Å². The molecule has 16 heavy (non-hydrogen) atoms. The second-order valence-corrected chi connectivity index (χ2v) is 8.98. The summed E-state index contributed by atoms with van der Waals surface area (Å²) in [6, 6.07) is 0.421. The van der Waals surface area contributed by atoms with E-state index in [2.05, 4.69) is 46.5 Å². The Morgan fingerprint density at radius 3 is 1.81 bits per heavy atom.